The van der Waals surface area contributed by atoms with Crippen LogP contribution in [0, 0.1) is 11.5 Å². The Morgan fingerprint density at radius 1 is 1.27 bits per heavy atom. The fraction of sp³-hybridized carbons (Fsp3) is 0.316. The molecule has 0 aliphatic carbocycles. The topological polar surface area (TPSA) is 78.2 Å². The van der Waals surface area contributed by atoms with Crippen LogP contribution in [0.2, 0.25) is 5.02 Å². The van der Waals surface area contributed by atoms with Gasteiger partial charge in [-0.1, -0.05) is 11.6 Å². The lowest BCUT2D eigenvalue weighted by Gasteiger charge is -2.21. The van der Waals surface area contributed by atoms with Crippen molar-refractivity contribution in [2.24, 2.45) is 0 Å². The van der Waals surface area contributed by atoms with Crippen molar-refractivity contribution in [2.75, 3.05) is 0 Å². The highest BCUT2D eigenvalue weighted by Gasteiger charge is 2.46. The van der Waals surface area contributed by atoms with Crippen LogP contribution in [0.5, 0.6) is 11.6 Å². The molecule has 0 radical (unpaired) electrons. The number of carbonyl (C=O) groups is 1. The molecule has 0 unspecified atom stereocenters. The summed E-state index contributed by atoms with van der Waals surface area (Å²) in [6.45, 7) is 0. The van der Waals surface area contributed by atoms with Crippen molar-refractivity contribution in [3.05, 3.63) is 53.2 Å². The van der Waals surface area contributed by atoms with E-state index in [9.17, 15) is 10.1 Å². The molecule has 2 fully saturated rings. The number of pyridine rings is 1. The summed E-state index contributed by atoms with van der Waals surface area (Å²) in [5, 5.41) is 12.8. The molecule has 7 heteroatoms. The molecule has 4 rings (SSSR count). The van der Waals surface area contributed by atoms with Crippen molar-refractivity contribution < 1.29 is 9.53 Å². The molecule has 1 amide bonds. The molecule has 0 spiro atoms. The number of benzene rings is 1. The van der Waals surface area contributed by atoms with E-state index in [0.29, 0.717) is 22.2 Å². The van der Waals surface area contributed by atoms with E-state index in [1.165, 1.54) is 6.20 Å². The van der Waals surface area contributed by atoms with Crippen LogP contribution in [0.1, 0.15) is 29.6 Å². The van der Waals surface area contributed by atoms with Crippen LogP contribution in [-0.2, 0) is 0 Å². The summed E-state index contributed by atoms with van der Waals surface area (Å²) < 4.78 is 5.63. The zero-order chi connectivity index (χ0) is 18.1. The molecule has 1 N–H and O–H groups in total. The lowest BCUT2D eigenvalue weighted by atomic mass is 9.95. The van der Waals surface area contributed by atoms with Crippen LogP contribution < -0.4 is 10.1 Å². The Bertz CT molecular complexity index is 847. The van der Waals surface area contributed by atoms with E-state index in [0.717, 1.165) is 19.3 Å². The van der Waals surface area contributed by atoms with Gasteiger partial charge in [-0.3, -0.25) is 4.79 Å². The van der Waals surface area contributed by atoms with E-state index in [4.69, 9.17) is 16.3 Å². The molecule has 132 valence electrons. The molecule has 0 saturated carbocycles. The molecule has 2 aromatic rings. The number of aromatic nitrogens is 1. The molecule has 26 heavy (non-hydrogen) atoms. The average Bonchev–Trinajstić information content (AvgIpc) is 3.21. The van der Waals surface area contributed by atoms with Gasteiger partial charge < -0.3 is 15.0 Å². The molecule has 3 atom stereocenters. The van der Waals surface area contributed by atoms with Crippen molar-refractivity contribution in [3.63, 3.8) is 0 Å². The molecule has 2 saturated heterocycles. The van der Waals surface area contributed by atoms with Gasteiger partial charge in [0.05, 0.1) is 17.1 Å². The van der Waals surface area contributed by atoms with E-state index in [1.807, 2.05) is 4.90 Å². The van der Waals surface area contributed by atoms with Crippen LogP contribution in [-0.4, -0.2) is 33.9 Å². The van der Waals surface area contributed by atoms with Gasteiger partial charge in [-0.15, -0.1) is 0 Å². The Morgan fingerprint density at radius 3 is 2.73 bits per heavy atom. The van der Waals surface area contributed by atoms with Gasteiger partial charge in [0.2, 0.25) is 5.88 Å². The van der Waals surface area contributed by atoms with Gasteiger partial charge >= 0.3 is 0 Å². The first-order valence-corrected chi connectivity index (χ1v) is 8.90. The maximum absolute atomic E-state index is 12.5. The molecular formula is C19H17ClN4O2. The van der Waals surface area contributed by atoms with Gasteiger partial charge in [0.1, 0.15) is 5.75 Å². The number of rotatable bonds is 4. The number of halogens is 1. The maximum atomic E-state index is 12.5. The molecule has 2 bridgehead atoms. The monoisotopic (exact) mass is 368 g/mol. The second kappa shape index (κ2) is 6.85. The number of fused-ring (bicyclic) bond motifs is 2. The molecule has 1 aromatic carbocycles. The van der Waals surface area contributed by atoms with Gasteiger partial charge in [0, 0.05) is 23.9 Å². The van der Waals surface area contributed by atoms with Crippen molar-refractivity contribution >= 4 is 17.5 Å². The van der Waals surface area contributed by atoms with Crippen molar-refractivity contribution in [3.8, 4) is 17.8 Å². The third-order valence-electron chi connectivity index (χ3n) is 5.01. The molecule has 6 nitrogen and oxygen atoms in total. The van der Waals surface area contributed by atoms with E-state index in [1.54, 1.807) is 36.4 Å². The first kappa shape index (κ1) is 16.7. The Morgan fingerprint density at radius 2 is 2.08 bits per heavy atom. The number of nitriles is 1. The Kier molecular flexibility index (Phi) is 4.39. The smallest absolute Gasteiger partial charge is 0.251 e. The van der Waals surface area contributed by atoms with Crippen molar-refractivity contribution in [2.45, 2.75) is 37.4 Å². The molecule has 2 aliphatic rings. The Hall–Kier alpha value is -2.78. The van der Waals surface area contributed by atoms with Crippen LogP contribution in [0.3, 0.4) is 0 Å². The standard InChI is InChI=1S/C19H17ClN4O2/c20-13-3-8-18(22-10-13)26-15-5-1-12(2-6-15)19(25)23-16-9-14-4-7-17(16)24(14)11-21/h1-3,5-6,8,10,14,16-17H,4,7,9H2,(H,23,25)/t14-,16+,17+/m0/s1. The van der Waals surface area contributed by atoms with E-state index in [-0.39, 0.29) is 24.0 Å². The highest BCUT2D eigenvalue weighted by atomic mass is 35.5. The minimum Gasteiger partial charge on any atom is -0.439 e. The molecule has 2 aliphatic heterocycles. The summed E-state index contributed by atoms with van der Waals surface area (Å²) in [4.78, 5) is 18.4. The summed E-state index contributed by atoms with van der Waals surface area (Å²) in [5.41, 5.74) is 0.563. The first-order chi connectivity index (χ1) is 12.6. The predicted molar refractivity (Wildman–Crippen MR) is 95.9 cm³/mol. The van der Waals surface area contributed by atoms with Gasteiger partial charge in [-0.25, -0.2) is 4.98 Å². The van der Waals surface area contributed by atoms with Crippen molar-refractivity contribution in [1.29, 1.82) is 5.26 Å². The van der Waals surface area contributed by atoms with E-state index in [2.05, 4.69) is 16.5 Å². The number of hydrogen-bond acceptors (Lipinski definition) is 5. The number of ether oxygens (including phenoxy) is 1. The molecule has 1 aromatic heterocycles. The molecule has 3 heterocycles. The summed E-state index contributed by atoms with van der Waals surface area (Å²) in [6, 6.07) is 10.7. The third-order valence-corrected chi connectivity index (χ3v) is 5.23. The second-order valence-corrected chi connectivity index (χ2v) is 7.00. The minimum absolute atomic E-state index is 0.0371. The number of carbonyl (C=O) groups excluding carboxylic acids is 1. The Labute approximate surface area is 156 Å². The van der Waals surface area contributed by atoms with E-state index < -0.39 is 0 Å². The van der Waals surface area contributed by atoms with Gasteiger partial charge in [-0.2, -0.15) is 5.26 Å². The van der Waals surface area contributed by atoms with Crippen LogP contribution in [0.4, 0.5) is 0 Å². The van der Waals surface area contributed by atoms with Crippen molar-refractivity contribution in [1.82, 2.24) is 15.2 Å². The van der Waals surface area contributed by atoms with Crippen LogP contribution >= 0.6 is 11.6 Å². The highest BCUT2D eigenvalue weighted by molar-refractivity contribution is 6.30. The van der Waals surface area contributed by atoms with Crippen LogP contribution in [0.15, 0.2) is 42.6 Å². The number of hydrogen-bond donors (Lipinski definition) is 1. The lowest BCUT2D eigenvalue weighted by molar-refractivity contribution is 0.0928. The van der Waals surface area contributed by atoms with Gasteiger partial charge in [0.25, 0.3) is 5.91 Å². The number of nitrogens with zero attached hydrogens (tertiary/aromatic N) is 3. The number of amides is 1. The SMILES string of the molecule is N#CN1[C@H]2CC[C@@H]1[C@H](NC(=O)c1ccc(Oc3ccc(Cl)cn3)cc1)C2. The highest BCUT2D eigenvalue weighted by Crippen LogP contribution is 2.37. The van der Waals surface area contributed by atoms with Gasteiger partial charge in [-0.05, 0) is 49.6 Å². The summed E-state index contributed by atoms with van der Waals surface area (Å²) >= 11 is 5.80. The fourth-order valence-corrected chi connectivity index (χ4v) is 3.88. The molecular weight excluding hydrogens is 352 g/mol. The zero-order valence-corrected chi connectivity index (χ0v) is 14.7. The zero-order valence-electron chi connectivity index (χ0n) is 13.9. The summed E-state index contributed by atoms with van der Waals surface area (Å²) in [7, 11) is 0. The normalized spacial score (nSPS) is 23.5. The fourth-order valence-electron chi connectivity index (χ4n) is 3.77. The largest absolute Gasteiger partial charge is 0.439 e. The quantitative estimate of drug-likeness (QED) is 0.837. The first-order valence-electron chi connectivity index (χ1n) is 8.52. The van der Waals surface area contributed by atoms with E-state index >= 15 is 0 Å². The second-order valence-electron chi connectivity index (χ2n) is 6.56. The number of nitrogens with one attached hydrogen (secondary N) is 1. The summed E-state index contributed by atoms with van der Waals surface area (Å²) in [6.07, 6.45) is 6.61. The summed E-state index contributed by atoms with van der Waals surface area (Å²) in [5.74, 6) is 0.897. The lowest BCUT2D eigenvalue weighted by Crippen LogP contribution is -2.43. The minimum atomic E-state index is -0.128. The maximum Gasteiger partial charge on any atom is 0.251 e. The Balaban J connectivity index is 1.38. The third kappa shape index (κ3) is 3.18. The van der Waals surface area contributed by atoms with Gasteiger partial charge in [0.15, 0.2) is 6.19 Å². The predicted octanol–water partition coefficient (Wildman–Crippen LogP) is 3.34. The van der Waals surface area contributed by atoms with Crippen LogP contribution in [0.25, 0.3) is 0 Å². The average molecular weight is 369 g/mol.